The largest absolute Gasteiger partial charge is 0.370 e. The Hall–Kier alpha value is -2.34. The lowest BCUT2D eigenvalue weighted by Gasteiger charge is -2.23. The molecule has 1 saturated carbocycles. The molecule has 2 aliphatic rings. The maximum absolute atomic E-state index is 12.8. The fourth-order valence-corrected chi connectivity index (χ4v) is 4.14. The number of rotatable bonds is 4. The fourth-order valence-electron chi connectivity index (χ4n) is 3.26. The van der Waals surface area contributed by atoms with Crippen molar-refractivity contribution in [2.45, 2.75) is 19.3 Å². The molecule has 1 aromatic heterocycles. The summed E-state index contributed by atoms with van der Waals surface area (Å²) in [5, 5.41) is 3.69. The van der Waals surface area contributed by atoms with E-state index in [0.717, 1.165) is 50.4 Å². The molecule has 0 spiro atoms. The van der Waals surface area contributed by atoms with Gasteiger partial charge in [-0.25, -0.2) is 0 Å². The first-order chi connectivity index (χ1) is 12.7. The monoisotopic (exact) mass is 369 g/mol. The summed E-state index contributed by atoms with van der Waals surface area (Å²) in [6.07, 6.45) is 2.92. The Balaban J connectivity index is 1.37. The van der Waals surface area contributed by atoms with Crippen LogP contribution in [-0.4, -0.2) is 42.9 Å². The third-order valence-corrected chi connectivity index (χ3v) is 5.90. The number of anilines is 2. The lowest BCUT2D eigenvalue weighted by molar-refractivity contribution is -0.117. The van der Waals surface area contributed by atoms with E-state index in [4.69, 9.17) is 0 Å². The molecule has 26 heavy (non-hydrogen) atoms. The molecular formula is C20H23N3O2S. The van der Waals surface area contributed by atoms with Gasteiger partial charge in [-0.2, -0.15) is 0 Å². The van der Waals surface area contributed by atoms with E-state index in [1.807, 2.05) is 35.2 Å². The van der Waals surface area contributed by atoms with E-state index in [0.29, 0.717) is 4.88 Å². The van der Waals surface area contributed by atoms with Gasteiger partial charge < -0.3 is 15.1 Å². The van der Waals surface area contributed by atoms with Gasteiger partial charge in [-0.15, -0.1) is 11.3 Å². The van der Waals surface area contributed by atoms with Gasteiger partial charge in [-0.3, -0.25) is 9.59 Å². The molecule has 5 nitrogen and oxygen atoms in total. The van der Waals surface area contributed by atoms with Crippen molar-refractivity contribution in [1.29, 1.82) is 0 Å². The van der Waals surface area contributed by atoms with Crippen LogP contribution in [0.25, 0.3) is 0 Å². The number of benzene rings is 1. The van der Waals surface area contributed by atoms with E-state index in [1.165, 1.54) is 17.0 Å². The second-order valence-electron chi connectivity index (χ2n) is 6.90. The number of hydrogen-bond donors (Lipinski definition) is 1. The number of nitrogens with zero attached hydrogens (tertiary/aromatic N) is 2. The Kier molecular flexibility index (Phi) is 4.93. The summed E-state index contributed by atoms with van der Waals surface area (Å²) >= 11 is 1.38. The second-order valence-corrected chi connectivity index (χ2v) is 7.98. The average Bonchev–Trinajstić information content (AvgIpc) is 3.46. The Morgan fingerprint density at radius 2 is 1.77 bits per heavy atom. The van der Waals surface area contributed by atoms with E-state index in [1.54, 1.807) is 0 Å². The van der Waals surface area contributed by atoms with Crippen molar-refractivity contribution in [1.82, 2.24) is 4.90 Å². The summed E-state index contributed by atoms with van der Waals surface area (Å²) in [4.78, 5) is 29.7. The minimum Gasteiger partial charge on any atom is -0.370 e. The summed E-state index contributed by atoms with van der Waals surface area (Å²) < 4.78 is 0. The maximum Gasteiger partial charge on any atom is 0.264 e. The smallest absolute Gasteiger partial charge is 0.264 e. The molecule has 1 aromatic carbocycles. The lowest BCUT2D eigenvalue weighted by atomic mass is 10.3. The van der Waals surface area contributed by atoms with Crippen LogP contribution in [0.4, 0.5) is 10.7 Å². The van der Waals surface area contributed by atoms with Crippen molar-refractivity contribution in [3.63, 3.8) is 0 Å². The summed E-state index contributed by atoms with van der Waals surface area (Å²) in [5.41, 5.74) is 1.21. The van der Waals surface area contributed by atoms with E-state index in [2.05, 4.69) is 22.3 Å². The molecule has 136 valence electrons. The SMILES string of the molecule is O=C(Nc1ccc(C(=O)N2CCCN(c3ccccc3)CC2)s1)C1CC1. The van der Waals surface area contributed by atoms with Gasteiger partial charge in [0.1, 0.15) is 0 Å². The molecule has 6 heteroatoms. The normalized spacial score (nSPS) is 17.7. The Labute approximate surface area is 157 Å². The zero-order valence-electron chi connectivity index (χ0n) is 14.7. The first-order valence-corrected chi connectivity index (χ1v) is 10.0. The minimum absolute atomic E-state index is 0.0665. The zero-order chi connectivity index (χ0) is 17.9. The molecule has 2 heterocycles. The quantitative estimate of drug-likeness (QED) is 0.898. The van der Waals surface area contributed by atoms with Gasteiger partial charge in [0.2, 0.25) is 5.91 Å². The second kappa shape index (κ2) is 7.50. The van der Waals surface area contributed by atoms with Crippen molar-refractivity contribution in [2.24, 2.45) is 5.92 Å². The maximum atomic E-state index is 12.8. The molecule has 1 aliphatic carbocycles. The van der Waals surface area contributed by atoms with Crippen LogP contribution < -0.4 is 10.2 Å². The molecule has 4 rings (SSSR count). The lowest BCUT2D eigenvalue weighted by Crippen LogP contribution is -2.34. The highest BCUT2D eigenvalue weighted by Gasteiger charge is 2.30. The van der Waals surface area contributed by atoms with E-state index in [-0.39, 0.29) is 17.7 Å². The first kappa shape index (κ1) is 17.1. The van der Waals surface area contributed by atoms with Crippen LogP contribution in [0.3, 0.4) is 0 Å². The van der Waals surface area contributed by atoms with Gasteiger partial charge in [-0.1, -0.05) is 18.2 Å². The Bertz CT molecular complexity index is 785. The molecule has 0 unspecified atom stereocenters. The average molecular weight is 369 g/mol. The number of carbonyl (C=O) groups is 2. The molecule has 1 aliphatic heterocycles. The van der Waals surface area contributed by atoms with Gasteiger partial charge in [0.25, 0.3) is 5.91 Å². The number of thiophene rings is 1. The predicted octanol–water partition coefficient (Wildman–Crippen LogP) is 3.45. The van der Waals surface area contributed by atoms with Gasteiger partial charge in [0, 0.05) is 37.8 Å². The van der Waals surface area contributed by atoms with Crippen molar-refractivity contribution in [3.05, 3.63) is 47.3 Å². The zero-order valence-corrected chi connectivity index (χ0v) is 15.5. The predicted molar refractivity (Wildman–Crippen MR) is 105 cm³/mol. The van der Waals surface area contributed by atoms with E-state index in [9.17, 15) is 9.59 Å². The molecule has 2 amide bonds. The highest BCUT2D eigenvalue weighted by molar-refractivity contribution is 7.18. The van der Waals surface area contributed by atoms with Crippen molar-refractivity contribution in [3.8, 4) is 0 Å². The molecule has 2 aromatic rings. The van der Waals surface area contributed by atoms with Crippen LogP contribution in [0, 0.1) is 5.92 Å². The van der Waals surface area contributed by atoms with Crippen LogP contribution in [0.2, 0.25) is 0 Å². The summed E-state index contributed by atoms with van der Waals surface area (Å²) in [7, 11) is 0. The van der Waals surface area contributed by atoms with Crippen molar-refractivity contribution < 1.29 is 9.59 Å². The topological polar surface area (TPSA) is 52.7 Å². The standard InChI is InChI=1S/C20H23N3O2S/c24-19(15-7-8-15)21-18-10-9-17(26-18)20(25)23-12-4-11-22(13-14-23)16-5-2-1-3-6-16/h1-3,5-6,9-10,15H,4,7-8,11-14H2,(H,21,24). The van der Waals surface area contributed by atoms with E-state index >= 15 is 0 Å². The number of hydrogen-bond acceptors (Lipinski definition) is 4. The number of para-hydroxylation sites is 1. The first-order valence-electron chi connectivity index (χ1n) is 9.21. The van der Waals surface area contributed by atoms with Gasteiger partial charge in [0.05, 0.1) is 9.88 Å². The van der Waals surface area contributed by atoms with E-state index < -0.39 is 0 Å². The summed E-state index contributed by atoms with van der Waals surface area (Å²) in [6.45, 7) is 3.28. The fraction of sp³-hybridized carbons (Fsp3) is 0.400. The summed E-state index contributed by atoms with van der Waals surface area (Å²) in [5.74, 6) is 0.321. The van der Waals surface area contributed by atoms with Gasteiger partial charge >= 0.3 is 0 Å². The van der Waals surface area contributed by atoms with Crippen molar-refractivity contribution >= 4 is 33.8 Å². The number of carbonyl (C=O) groups excluding carboxylic acids is 2. The molecular weight excluding hydrogens is 346 g/mol. The Morgan fingerprint density at radius 3 is 2.54 bits per heavy atom. The van der Waals surface area contributed by atoms with Crippen LogP contribution in [-0.2, 0) is 4.79 Å². The van der Waals surface area contributed by atoms with Crippen molar-refractivity contribution in [2.75, 3.05) is 36.4 Å². The van der Waals surface area contributed by atoms with Crippen LogP contribution in [0.15, 0.2) is 42.5 Å². The molecule has 2 fully saturated rings. The molecule has 1 saturated heterocycles. The van der Waals surface area contributed by atoms with Gasteiger partial charge in [-0.05, 0) is 43.5 Å². The highest BCUT2D eigenvalue weighted by atomic mass is 32.1. The van der Waals surface area contributed by atoms with Crippen LogP contribution >= 0.6 is 11.3 Å². The minimum atomic E-state index is 0.0665. The number of amides is 2. The third-order valence-electron chi connectivity index (χ3n) is 4.92. The van der Waals surface area contributed by atoms with Crippen LogP contribution in [0.1, 0.15) is 28.9 Å². The molecule has 1 N–H and O–H groups in total. The van der Waals surface area contributed by atoms with Gasteiger partial charge in [0.15, 0.2) is 0 Å². The highest BCUT2D eigenvalue weighted by Crippen LogP contribution is 2.32. The summed E-state index contributed by atoms with van der Waals surface area (Å²) in [6, 6.07) is 14.0. The molecule has 0 bridgehead atoms. The molecule has 0 radical (unpaired) electrons. The Morgan fingerprint density at radius 1 is 0.962 bits per heavy atom. The van der Waals surface area contributed by atoms with Crippen LogP contribution in [0.5, 0.6) is 0 Å². The number of nitrogens with one attached hydrogen (secondary N) is 1. The third kappa shape index (κ3) is 3.90. The molecule has 0 atom stereocenters.